The van der Waals surface area contributed by atoms with E-state index in [0.717, 1.165) is 17.0 Å². The molecule has 0 aliphatic rings. The Hall–Kier alpha value is -2.07. The molecule has 1 aromatic carbocycles. The molecule has 0 saturated carbocycles. The monoisotopic (exact) mass is 291 g/mol. The average molecular weight is 292 g/mol. The highest BCUT2D eigenvalue weighted by Crippen LogP contribution is 2.22. The SMILES string of the molecule is CCn1c(-c2ccc(OC)cc2)ccc(C(=O)Cl)c1=O. The normalized spacial score (nSPS) is 10.3. The van der Waals surface area contributed by atoms with Gasteiger partial charge >= 0.3 is 0 Å². The van der Waals surface area contributed by atoms with Gasteiger partial charge in [-0.25, -0.2) is 0 Å². The molecule has 104 valence electrons. The van der Waals surface area contributed by atoms with Gasteiger partial charge in [0.25, 0.3) is 10.8 Å². The quantitative estimate of drug-likeness (QED) is 0.814. The molecule has 0 bridgehead atoms. The molecule has 2 aromatic rings. The summed E-state index contributed by atoms with van der Waals surface area (Å²) in [5.74, 6) is 0.742. The van der Waals surface area contributed by atoms with E-state index < -0.39 is 5.24 Å². The van der Waals surface area contributed by atoms with Crippen LogP contribution in [-0.2, 0) is 6.54 Å². The Balaban J connectivity index is 2.59. The molecule has 2 rings (SSSR count). The molecule has 0 radical (unpaired) electrons. The number of pyridine rings is 1. The van der Waals surface area contributed by atoms with Crippen LogP contribution in [0, 0.1) is 0 Å². The number of hydrogen-bond donors (Lipinski definition) is 0. The van der Waals surface area contributed by atoms with Crippen molar-refractivity contribution < 1.29 is 9.53 Å². The summed E-state index contributed by atoms with van der Waals surface area (Å²) >= 11 is 5.41. The number of rotatable bonds is 4. The van der Waals surface area contributed by atoms with Crippen molar-refractivity contribution in [2.45, 2.75) is 13.5 Å². The number of aromatic nitrogens is 1. The third-order valence-electron chi connectivity index (χ3n) is 3.09. The first-order chi connectivity index (χ1) is 9.58. The third kappa shape index (κ3) is 2.60. The molecule has 0 unspecified atom stereocenters. The van der Waals surface area contributed by atoms with Crippen molar-refractivity contribution in [3.8, 4) is 17.0 Å². The standard InChI is InChI=1S/C15H14ClNO3/c1-3-17-13(9-8-12(14(16)18)15(17)19)10-4-6-11(20-2)7-5-10/h4-9H,3H2,1-2H3. The van der Waals surface area contributed by atoms with Gasteiger partial charge in [0.1, 0.15) is 5.75 Å². The number of benzene rings is 1. The van der Waals surface area contributed by atoms with Crippen LogP contribution in [-0.4, -0.2) is 16.9 Å². The van der Waals surface area contributed by atoms with Gasteiger partial charge in [0.2, 0.25) is 0 Å². The van der Waals surface area contributed by atoms with Gasteiger partial charge in [0, 0.05) is 6.54 Å². The molecule has 20 heavy (non-hydrogen) atoms. The third-order valence-corrected chi connectivity index (χ3v) is 3.29. The zero-order valence-electron chi connectivity index (χ0n) is 11.2. The maximum absolute atomic E-state index is 12.2. The van der Waals surface area contributed by atoms with Crippen LogP contribution in [0.5, 0.6) is 5.75 Å². The average Bonchev–Trinajstić information content (AvgIpc) is 2.46. The zero-order valence-corrected chi connectivity index (χ0v) is 12.0. The summed E-state index contributed by atoms with van der Waals surface area (Å²) in [4.78, 5) is 23.4. The zero-order chi connectivity index (χ0) is 14.7. The van der Waals surface area contributed by atoms with Crippen molar-refractivity contribution in [3.63, 3.8) is 0 Å². The summed E-state index contributed by atoms with van der Waals surface area (Å²) < 4.78 is 6.63. The minimum atomic E-state index is -0.738. The molecule has 0 spiro atoms. The predicted octanol–water partition coefficient (Wildman–Crippen LogP) is 2.92. The number of ether oxygens (including phenoxy) is 1. The van der Waals surface area contributed by atoms with Gasteiger partial charge in [0.05, 0.1) is 18.4 Å². The lowest BCUT2D eigenvalue weighted by Crippen LogP contribution is -2.25. The van der Waals surface area contributed by atoms with Gasteiger partial charge in [-0.1, -0.05) is 0 Å². The lowest BCUT2D eigenvalue weighted by molar-refractivity contribution is 0.107. The van der Waals surface area contributed by atoms with Crippen LogP contribution in [0.2, 0.25) is 0 Å². The van der Waals surface area contributed by atoms with E-state index in [1.807, 2.05) is 31.2 Å². The van der Waals surface area contributed by atoms with E-state index in [-0.39, 0.29) is 11.1 Å². The van der Waals surface area contributed by atoms with Crippen LogP contribution in [0.1, 0.15) is 17.3 Å². The number of halogens is 1. The number of nitrogens with zero attached hydrogens (tertiary/aromatic N) is 1. The van der Waals surface area contributed by atoms with Gasteiger partial charge < -0.3 is 9.30 Å². The van der Waals surface area contributed by atoms with Crippen molar-refractivity contribution in [1.82, 2.24) is 4.57 Å². The second-order valence-corrected chi connectivity index (χ2v) is 4.53. The Morgan fingerprint density at radius 2 is 1.85 bits per heavy atom. The summed E-state index contributed by atoms with van der Waals surface area (Å²) in [5.41, 5.74) is 1.23. The minimum absolute atomic E-state index is 0.00854. The van der Waals surface area contributed by atoms with Gasteiger partial charge in [-0.3, -0.25) is 9.59 Å². The minimum Gasteiger partial charge on any atom is -0.497 e. The molecule has 5 heteroatoms. The van der Waals surface area contributed by atoms with Crippen LogP contribution >= 0.6 is 11.6 Å². The fourth-order valence-corrected chi connectivity index (χ4v) is 2.20. The Labute approximate surface area is 121 Å². The fraction of sp³-hybridized carbons (Fsp3) is 0.200. The van der Waals surface area contributed by atoms with E-state index in [1.54, 1.807) is 13.2 Å². The molecule has 0 N–H and O–H groups in total. The van der Waals surface area contributed by atoms with Gasteiger partial charge in [-0.05, 0) is 60.5 Å². The Bertz CT molecular complexity index is 689. The Kier molecular flexibility index (Phi) is 4.25. The topological polar surface area (TPSA) is 48.3 Å². The van der Waals surface area contributed by atoms with Gasteiger partial charge in [0.15, 0.2) is 0 Å². The first-order valence-electron chi connectivity index (χ1n) is 6.16. The highest BCUT2D eigenvalue weighted by atomic mass is 35.5. The van der Waals surface area contributed by atoms with E-state index in [2.05, 4.69) is 0 Å². The van der Waals surface area contributed by atoms with Crippen LogP contribution in [0.15, 0.2) is 41.2 Å². The van der Waals surface area contributed by atoms with Crippen LogP contribution in [0.4, 0.5) is 0 Å². The molecule has 0 amide bonds. The van der Waals surface area contributed by atoms with Crippen LogP contribution in [0.3, 0.4) is 0 Å². The number of carbonyl (C=O) groups is 1. The molecule has 1 aromatic heterocycles. The predicted molar refractivity (Wildman–Crippen MR) is 78.5 cm³/mol. The highest BCUT2D eigenvalue weighted by Gasteiger charge is 2.13. The van der Waals surface area contributed by atoms with Gasteiger partial charge in [-0.2, -0.15) is 0 Å². The van der Waals surface area contributed by atoms with Gasteiger partial charge in [-0.15, -0.1) is 0 Å². The van der Waals surface area contributed by atoms with Crippen molar-refractivity contribution >= 4 is 16.8 Å². The molecule has 0 atom stereocenters. The van der Waals surface area contributed by atoms with E-state index in [0.29, 0.717) is 6.54 Å². The maximum Gasteiger partial charge on any atom is 0.263 e. The number of carbonyl (C=O) groups excluding carboxylic acids is 1. The summed E-state index contributed by atoms with van der Waals surface area (Å²) in [6, 6.07) is 10.6. The lowest BCUT2D eigenvalue weighted by Gasteiger charge is -2.12. The second kappa shape index (κ2) is 5.92. The fourth-order valence-electron chi connectivity index (χ4n) is 2.06. The maximum atomic E-state index is 12.2. The largest absolute Gasteiger partial charge is 0.497 e. The van der Waals surface area contributed by atoms with Crippen LogP contribution in [0.25, 0.3) is 11.3 Å². The van der Waals surface area contributed by atoms with E-state index in [9.17, 15) is 9.59 Å². The second-order valence-electron chi connectivity index (χ2n) is 4.18. The molecule has 0 fully saturated rings. The van der Waals surface area contributed by atoms with Crippen molar-refractivity contribution in [2.75, 3.05) is 7.11 Å². The Morgan fingerprint density at radius 3 is 2.35 bits per heavy atom. The molecule has 1 heterocycles. The smallest absolute Gasteiger partial charge is 0.263 e. The first-order valence-corrected chi connectivity index (χ1v) is 6.54. The van der Waals surface area contributed by atoms with E-state index >= 15 is 0 Å². The molecule has 0 saturated heterocycles. The van der Waals surface area contributed by atoms with Crippen molar-refractivity contribution in [1.29, 1.82) is 0 Å². The molecule has 0 aliphatic carbocycles. The van der Waals surface area contributed by atoms with Crippen molar-refractivity contribution in [2.24, 2.45) is 0 Å². The molecule has 0 aliphatic heterocycles. The number of methoxy groups -OCH3 is 1. The van der Waals surface area contributed by atoms with Crippen molar-refractivity contribution in [3.05, 3.63) is 52.3 Å². The summed E-state index contributed by atoms with van der Waals surface area (Å²) in [6.45, 7) is 2.30. The van der Waals surface area contributed by atoms with E-state index in [1.165, 1.54) is 10.6 Å². The summed E-state index contributed by atoms with van der Waals surface area (Å²) in [5, 5.41) is -0.738. The molecular formula is C15H14ClNO3. The Morgan fingerprint density at radius 1 is 1.20 bits per heavy atom. The number of hydrogen-bond acceptors (Lipinski definition) is 3. The summed E-state index contributed by atoms with van der Waals surface area (Å²) in [6.07, 6.45) is 0. The molecule has 4 nitrogen and oxygen atoms in total. The van der Waals surface area contributed by atoms with Crippen LogP contribution < -0.4 is 10.3 Å². The summed E-state index contributed by atoms with van der Waals surface area (Å²) in [7, 11) is 1.60. The lowest BCUT2D eigenvalue weighted by atomic mass is 10.1. The molecular weight excluding hydrogens is 278 g/mol. The first kappa shape index (κ1) is 14.3. The highest BCUT2D eigenvalue weighted by molar-refractivity contribution is 6.67. The van der Waals surface area contributed by atoms with E-state index in [4.69, 9.17) is 16.3 Å².